The van der Waals surface area contributed by atoms with Crippen LogP contribution in [-0.4, -0.2) is 59.1 Å². The third-order valence-electron chi connectivity index (χ3n) is 4.36. The molecule has 0 amide bonds. The van der Waals surface area contributed by atoms with Crippen LogP contribution in [0.2, 0.25) is 0 Å². The van der Waals surface area contributed by atoms with Crippen LogP contribution in [0.4, 0.5) is 0 Å². The van der Waals surface area contributed by atoms with E-state index >= 15 is 0 Å². The fourth-order valence-electron chi connectivity index (χ4n) is 3.09. The van der Waals surface area contributed by atoms with Gasteiger partial charge < -0.3 is 9.05 Å². The number of hydrogen-bond acceptors (Lipinski definition) is 8. The monoisotopic (exact) mass is 383 g/mol. The van der Waals surface area contributed by atoms with Crippen molar-refractivity contribution >= 4 is 10.0 Å². The molecule has 1 fully saturated rings. The first-order valence-corrected chi connectivity index (χ1v) is 10.2. The maximum Gasteiger partial charge on any atom is 0.248 e. The van der Waals surface area contributed by atoms with Gasteiger partial charge in [-0.05, 0) is 19.8 Å². The molecule has 0 unspecified atom stereocenters. The van der Waals surface area contributed by atoms with E-state index in [0.29, 0.717) is 56.0 Å². The Hall–Kier alpha value is -1.78. The van der Waals surface area contributed by atoms with Crippen molar-refractivity contribution in [2.75, 3.05) is 26.2 Å². The molecule has 10 heteroatoms. The van der Waals surface area contributed by atoms with E-state index in [9.17, 15) is 8.42 Å². The fraction of sp³-hybridized carbons (Fsp3) is 0.688. The van der Waals surface area contributed by atoms with Crippen molar-refractivity contribution in [3.8, 4) is 0 Å². The lowest BCUT2D eigenvalue weighted by Gasteiger charge is -2.32. The Bertz CT molecular complexity index is 830. The van der Waals surface area contributed by atoms with Gasteiger partial charge in [-0.15, -0.1) is 0 Å². The molecule has 144 valence electrons. The normalized spacial score (nSPS) is 17.3. The number of nitrogens with zero attached hydrogens (tertiary/aromatic N) is 5. The summed E-state index contributed by atoms with van der Waals surface area (Å²) in [6, 6.07) is 0. The van der Waals surface area contributed by atoms with Gasteiger partial charge in [0.2, 0.25) is 15.9 Å². The average molecular weight is 383 g/mol. The molecule has 0 bridgehead atoms. The number of sulfonamides is 1. The summed E-state index contributed by atoms with van der Waals surface area (Å²) < 4.78 is 37.4. The molecule has 0 N–H and O–H groups in total. The number of aryl methyl sites for hydroxylation is 2. The molecule has 1 saturated heterocycles. The molecule has 3 rings (SSSR count). The van der Waals surface area contributed by atoms with Gasteiger partial charge in [0.15, 0.2) is 11.6 Å². The van der Waals surface area contributed by atoms with Gasteiger partial charge in [-0.3, -0.25) is 4.90 Å². The van der Waals surface area contributed by atoms with E-state index in [1.54, 1.807) is 13.8 Å². The molecule has 0 aromatic carbocycles. The van der Waals surface area contributed by atoms with Gasteiger partial charge >= 0.3 is 0 Å². The first kappa shape index (κ1) is 19.0. The van der Waals surface area contributed by atoms with Gasteiger partial charge in [0.25, 0.3) is 0 Å². The number of rotatable bonds is 6. The second kappa shape index (κ2) is 7.45. The lowest BCUT2D eigenvalue weighted by Crippen LogP contribution is -2.48. The summed E-state index contributed by atoms with van der Waals surface area (Å²) >= 11 is 0. The van der Waals surface area contributed by atoms with Crippen LogP contribution in [-0.2, 0) is 23.0 Å². The van der Waals surface area contributed by atoms with Crippen LogP contribution in [0.3, 0.4) is 0 Å². The van der Waals surface area contributed by atoms with Gasteiger partial charge in [-0.2, -0.15) is 9.29 Å². The maximum absolute atomic E-state index is 12.8. The van der Waals surface area contributed by atoms with E-state index in [1.807, 2.05) is 0 Å². The molecular formula is C16H25N5O4S. The minimum absolute atomic E-state index is 0.182. The van der Waals surface area contributed by atoms with Crippen LogP contribution in [0.5, 0.6) is 0 Å². The topological polar surface area (TPSA) is 106 Å². The molecule has 0 atom stereocenters. The molecular weight excluding hydrogens is 358 g/mol. The summed E-state index contributed by atoms with van der Waals surface area (Å²) in [5, 5.41) is 7.74. The SMILES string of the molecule is Cc1noc(C)c1S(=O)(=O)N1CCN(Cc2nc(CC(C)C)no2)CC1. The number of hydrogen-bond donors (Lipinski definition) is 0. The van der Waals surface area contributed by atoms with Crippen LogP contribution in [0.1, 0.15) is 37.0 Å². The summed E-state index contributed by atoms with van der Waals surface area (Å²) in [4.78, 5) is 6.70. The van der Waals surface area contributed by atoms with Gasteiger partial charge in [0.1, 0.15) is 10.6 Å². The van der Waals surface area contributed by atoms with Gasteiger partial charge in [0, 0.05) is 32.6 Å². The molecule has 9 nitrogen and oxygen atoms in total. The summed E-state index contributed by atoms with van der Waals surface area (Å²) in [5.74, 6) is 2.09. The molecule has 2 aromatic heterocycles. The zero-order chi connectivity index (χ0) is 18.9. The highest BCUT2D eigenvalue weighted by molar-refractivity contribution is 7.89. The summed E-state index contributed by atoms with van der Waals surface area (Å²) in [7, 11) is -3.59. The molecule has 0 radical (unpaired) electrons. The zero-order valence-corrected chi connectivity index (χ0v) is 16.4. The third kappa shape index (κ3) is 3.97. The second-order valence-corrected chi connectivity index (χ2v) is 8.91. The third-order valence-corrected chi connectivity index (χ3v) is 6.50. The average Bonchev–Trinajstić information content (AvgIpc) is 3.13. The first-order valence-electron chi connectivity index (χ1n) is 8.74. The standard InChI is InChI=1S/C16H25N5O4S/c1-11(2)9-14-17-15(25-19-14)10-20-5-7-21(8-6-20)26(22,23)16-12(3)18-24-13(16)4/h11H,5-10H2,1-4H3. The Labute approximate surface area is 153 Å². The van der Waals surface area contributed by atoms with E-state index in [2.05, 4.69) is 34.0 Å². The van der Waals surface area contributed by atoms with Crippen LogP contribution in [0.15, 0.2) is 13.9 Å². The number of aromatic nitrogens is 3. The second-order valence-electron chi connectivity index (χ2n) is 7.04. The quantitative estimate of drug-likeness (QED) is 0.736. The maximum atomic E-state index is 12.8. The molecule has 1 aliphatic heterocycles. The molecule has 0 spiro atoms. The Balaban J connectivity index is 1.60. The van der Waals surface area contributed by atoms with Crippen molar-refractivity contribution in [3.05, 3.63) is 23.2 Å². The molecule has 1 aliphatic rings. The Morgan fingerprint density at radius 2 is 1.77 bits per heavy atom. The van der Waals surface area contributed by atoms with E-state index in [-0.39, 0.29) is 4.90 Å². The Kier molecular flexibility index (Phi) is 5.44. The van der Waals surface area contributed by atoms with Crippen molar-refractivity contribution in [1.82, 2.24) is 24.5 Å². The van der Waals surface area contributed by atoms with Crippen molar-refractivity contribution in [2.45, 2.75) is 45.6 Å². The lowest BCUT2D eigenvalue weighted by molar-refractivity contribution is 0.163. The minimum atomic E-state index is -3.59. The zero-order valence-electron chi connectivity index (χ0n) is 15.6. The smallest absolute Gasteiger partial charge is 0.248 e. The van der Waals surface area contributed by atoms with Crippen molar-refractivity contribution < 1.29 is 17.5 Å². The van der Waals surface area contributed by atoms with Crippen molar-refractivity contribution in [2.24, 2.45) is 5.92 Å². The minimum Gasteiger partial charge on any atom is -0.360 e. The molecule has 0 aliphatic carbocycles. The van der Waals surface area contributed by atoms with Crippen LogP contribution < -0.4 is 0 Å². The Morgan fingerprint density at radius 1 is 1.08 bits per heavy atom. The highest BCUT2D eigenvalue weighted by atomic mass is 32.2. The van der Waals surface area contributed by atoms with Crippen LogP contribution >= 0.6 is 0 Å². The highest BCUT2D eigenvalue weighted by Crippen LogP contribution is 2.24. The van der Waals surface area contributed by atoms with E-state index in [0.717, 1.165) is 12.2 Å². The number of piperazine rings is 1. The largest absolute Gasteiger partial charge is 0.360 e. The van der Waals surface area contributed by atoms with Crippen LogP contribution in [0, 0.1) is 19.8 Å². The lowest BCUT2D eigenvalue weighted by atomic mass is 10.1. The van der Waals surface area contributed by atoms with Crippen molar-refractivity contribution in [1.29, 1.82) is 0 Å². The molecule has 3 heterocycles. The molecule has 2 aromatic rings. The van der Waals surface area contributed by atoms with Gasteiger partial charge in [-0.25, -0.2) is 8.42 Å². The van der Waals surface area contributed by atoms with E-state index in [4.69, 9.17) is 9.05 Å². The fourth-order valence-corrected chi connectivity index (χ4v) is 4.81. The van der Waals surface area contributed by atoms with E-state index < -0.39 is 10.0 Å². The summed E-state index contributed by atoms with van der Waals surface area (Å²) in [5.41, 5.74) is 0.397. The highest BCUT2D eigenvalue weighted by Gasteiger charge is 2.33. The van der Waals surface area contributed by atoms with Crippen LogP contribution in [0.25, 0.3) is 0 Å². The Morgan fingerprint density at radius 3 is 2.35 bits per heavy atom. The summed E-state index contributed by atoms with van der Waals surface area (Å²) in [6.45, 7) is 10.0. The first-order chi connectivity index (χ1) is 12.3. The van der Waals surface area contributed by atoms with E-state index in [1.165, 1.54) is 4.31 Å². The summed E-state index contributed by atoms with van der Waals surface area (Å²) in [6.07, 6.45) is 0.785. The van der Waals surface area contributed by atoms with Gasteiger partial charge in [0.05, 0.1) is 6.54 Å². The predicted octanol–water partition coefficient (Wildman–Crippen LogP) is 1.38. The van der Waals surface area contributed by atoms with Crippen molar-refractivity contribution in [3.63, 3.8) is 0 Å². The molecule has 26 heavy (non-hydrogen) atoms. The van der Waals surface area contributed by atoms with Gasteiger partial charge in [-0.1, -0.05) is 24.2 Å². The molecule has 0 saturated carbocycles. The predicted molar refractivity (Wildman–Crippen MR) is 92.9 cm³/mol.